The van der Waals surface area contributed by atoms with E-state index in [0.29, 0.717) is 18.5 Å². The summed E-state index contributed by atoms with van der Waals surface area (Å²) in [4.78, 5) is 14.0. The molecule has 0 aromatic heterocycles. The van der Waals surface area contributed by atoms with Crippen molar-refractivity contribution in [3.05, 3.63) is 71.6 Å². The van der Waals surface area contributed by atoms with E-state index in [2.05, 4.69) is 6.07 Å². The first-order valence-electron chi connectivity index (χ1n) is 7.26. The zero-order valence-electron chi connectivity index (χ0n) is 12.9. The molecule has 2 aromatic carbocycles. The number of carbonyl (C=O) groups is 1. The van der Waals surface area contributed by atoms with Gasteiger partial charge in [-0.1, -0.05) is 18.2 Å². The Labute approximate surface area is 135 Å². The highest BCUT2D eigenvalue weighted by Crippen LogP contribution is 2.15. The highest BCUT2D eigenvalue weighted by atomic mass is 19.1. The number of benzene rings is 2. The summed E-state index contributed by atoms with van der Waals surface area (Å²) in [5.41, 5.74) is 2.37. The van der Waals surface area contributed by atoms with Gasteiger partial charge in [0.1, 0.15) is 5.82 Å². The number of hydrogen-bond donors (Lipinski definition) is 0. The van der Waals surface area contributed by atoms with Crippen molar-refractivity contribution in [3.63, 3.8) is 0 Å². The van der Waals surface area contributed by atoms with Crippen LogP contribution in [0.5, 0.6) is 0 Å². The SMILES string of the molecule is CN(CCC#N)c1ccc(/C=C/C(=O)c2ccc(F)cc2)cc1. The summed E-state index contributed by atoms with van der Waals surface area (Å²) in [6.07, 6.45) is 3.68. The highest BCUT2D eigenvalue weighted by Gasteiger charge is 2.02. The van der Waals surface area contributed by atoms with E-state index in [1.54, 1.807) is 6.08 Å². The molecule has 0 unspecified atom stereocenters. The fraction of sp³-hybridized carbons (Fsp3) is 0.158. The molecule has 0 aliphatic heterocycles. The monoisotopic (exact) mass is 308 g/mol. The molecule has 0 heterocycles. The second-order valence-electron chi connectivity index (χ2n) is 5.13. The Hall–Kier alpha value is -2.93. The number of anilines is 1. The Morgan fingerprint density at radius 3 is 2.43 bits per heavy atom. The Kier molecular flexibility index (Phi) is 5.65. The van der Waals surface area contributed by atoms with Gasteiger partial charge >= 0.3 is 0 Å². The number of ketones is 1. The van der Waals surface area contributed by atoms with Crippen LogP contribution in [0, 0.1) is 17.1 Å². The predicted octanol–water partition coefficient (Wildman–Crippen LogP) is 4.07. The molecule has 3 nitrogen and oxygen atoms in total. The van der Waals surface area contributed by atoms with Crippen molar-refractivity contribution in [1.29, 1.82) is 5.26 Å². The van der Waals surface area contributed by atoms with E-state index in [4.69, 9.17) is 5.26 Å². The van der Waals surface area contributed by atoms with Crippen LogP contribution in [-0.4, -0.2) is 19.4 Å². The molecule has 0 saturated carbocycles. The first kappa shape index (κ1) is 16.4. The number of allylic oxidation sites excluding steroid dienone is 1. The Bertz CT molecular complexity index is 727. The van der Waals surface area contributed by atoms with Crippen molar-refractivity contribution >= 4 is 17.5 Å². The van der Waals surface area contributed by atoms with E-state index in [-0.39, 0.29) is 11.6 Å². The van der Waals surface area contributed by atoms with E-state index in [1.807, 2.05) is 36.2 Å². The standard InChI is InChI=1S/C19H17FN2O/c1-22(14-2-13-21)18-10-3-15(4-11-18)5-12-19(23)16-6-8-17(20)9-7-16/h3-12H,2,14H2,1H3/b12-5+. The molecule has 2 aromatic rings. The van der Waals surface area contributed by atoms with Gasteiger partial charge in [0.15, 0.2) is 5.78 Å². The number of hydrogen-bond acceptors (Lipinski definition) is 3. The van der Waals surface area contributed by atoms with Crippen molar-refractivity contribution in [2.75, 3.05) is 18.5 Å². The third-order valence-corrected chi connectivity index (χ3v) is 3.45. The summed E-state index contributed by atoms with van der Waals surface area (Å²) in [6.45, 7) is 0.675. The van der Waals surface area contributed by atoms with Gasteiger partial charge in [-0.15, -0.1) is 0 Å². The molecular formula is C19H17FN2O. The van der Waals surface area contributed by atoms with E-state index in [1.165, 1.54) is 30.3 Å². The number of nitrogens with zero attached hydrogens (tertiary/aromatic N) is 2. The summed E-state index contributed by atoms with van der Waals surface area (Å²) < 4.78 is 12.8. The first-order chi connectivity index (χ1) is 11.1. The Morgan fingerprint density at radius 2 is 1.83 bits per heavy atom. The van der Waals surface area contributed by atoms with Gasteiger partial charge in [0.2, 0.25) is 0 Å². The third-order valence-electron chi connectivity index (χ3n) is 3.45. The largest absolute Gasteiger partial charge is 0.374 e. The topological polar surface area (TPSA) is 44.1 Å². The second-order valence-corrected chi connectivity index (χ2v) is 5.13. The van der Waals surface area contributed by atoms with Gasteiger partial charge in [-0.3, -0.25) is 4.79 Å². The minimum Gasteiger partial charge on any atom is -0.374 e. The van der Waals surface area contributed by atoms with Crippen LogP contribution >= 0.6 is 0 Å². The van der Waals surface area contributed by atoms with Gasteiger partial charge in [0.05, 0.1) is 12.5 Å². The van der Waals surface area contributed by atoms with E-state index in [9.17, 15) is 9.18 Å². The third kappa shape index (κ3) is 4.79. The molecule has 4 heteroatoms. The molecule has 0 fully saturated rings. The summed E-state index contributed by atoms with van der Waals surface area (Å²) in [6, 6.07) is 15.3. The number of carbonyl (C=O) groups excluding carboxylic acids is 1. The lowest BCUT2D eigenvalue weighted by atomic mass is 10.1. The van der Waals surface area contributed by atoms with Gasteiger partial charge in [-0.25, -0.2) is 4.39 Å². The van der Waals surface area contributed by atoms with Gasteiger partial charge in [0, 0.05) is 24.8 Å². The van der Waals surface area contributed by atoms with E-state index < -0.39 is 0 Å². The summed E-state index contributed by atoms with van der Waals surface area (Å²) in [7, 11) is 1.93. The van der Waals surface area contributed by atoms with E-state index in [0.717, 1.165) is 11.3 Å². The Balaban J connectivity index is 2.01. The molecule has 0 radical (unpaired) electrons. The van der Waals surface area contributed by atoms with Crippen molar-refractivity contribution in [3.8, 4) is 6.07 Å². The summed E-state index contributed by atoms with van der Waals surface area (Å²) >= 11 is 0. The fourth-order valence-electron chi connectivity index (χ4n) is 2.07. The second kappa shape index (κ2) is 7.90. The Morgan fingerprint density at radius 1 is 1.17 bits per heavy atom. The zero-order chi connectivity index (χ0) is 16.7. The predicted molar refractivity (Wildman–Crippen MR) is 89.7 cm³/mol. The van der Waals surface area contributed by atoms with Crippen molar-refractivity contribution in [2.24, 2.45) is 0 Å². The van der Waals surface area contributed by atoms with Crippen LogP contribution in [0.4, 0.5) is 10.1 Å². The van der Waals surface area contributed by atoms with Crippen LogP contribution in [0.25, 0.3) is 6.08 Å². The normalized spacial score (nSPS) is 10.5. The van der Waals surface area contributed by atoms with Crippen LogP contribution < -0.4 is 4.90 Å². The minimum atomic E-state index is -0.360. The highest BCUT2D eigenvalue weighted by molar-refractivity contribution is 6.06. The first-order valence-corrected chi connectivity index (χ1v) is 7.26. The van der Waals surface area contributed by atoms with Crippen LogP contribution in [0.15, 0.2) is 54.6 Å². The lowest BCUT2D eigenvalue weighted by Crippen LogP contribution is -2.17. The lowest BCUT2D eigenvalue weighted by molar-refractivity contribution is 0.104. The van der Waals surface area contributed by atoms with Gasteiger partial charge < -0.3 is 4.90 Å². The van der Waals surface area contributed by atoms with E-state index >= 15 is 0 Å². The molecule has 0 aliphatic carbocycles. The average Bonchev–Trinajstić information content (AvgIpc) is 2.58. The van der Waals surface area contributed by atoms with Gasteiger partial charge in [0.25, 0.3) is 0 Å². The van der Waals surface area contributed by atoms with Crippen molar-refractivity contribution in [1.82, 2.24) is 0 Å². The molecule has 0 bridgehead atoms. The molecule has 2 rings (SSSR count). The maximum absolute atomic E-state index is 12.8. The molecule has 116 valence electrons. The number of halogens is 1. The molecule has 0 atom stereocenters. The molecule has 0 N–H and O–H groups in total. The van der Waals surface area contributed by atoms with Crippen molar-refractivity contribution in [2.45, 2.75) is 6.42 Å². The molecule has 23 heavy (non-hydrogen) atoms. The number of rotatable bonds is 6. The molecule has 0 amide bonds. The lowest BCUT2D eigenvalue weighted by Gasteiger charge is -2.17. The smallest absolute Gasteiger partial charge is 0.185 e. The average molecular weight is 308 g/mol. The van der Waals surface area contributed by atoms with Crippen molar-refractivity contribution < 1.29 is 9.18 Å². The zero-order valence-corrected chi connectivity index (χ0v) is 12.9. The number of nitriles is 1. The van der Waals surface area contributed by atoms with Crippen LogP contribution in [0.1, 0.15) is 22.3 Å². The molecule has 0 saturated heterocycles. The van der Waals surface area contributed by atoms with Crippen LogP contribution in [0.2, 0.25) is 0 Å². The minimum absolute atomic E-state index is 0.166. The molecule has 0 spiro atoms. The maximum Gasteiger partial charge on any atom is 0.185 e. The summed E-state index contributed by atoms with van der Waals surface area (Å²) in [5, 5.41) is 8.60. The van der Waals surface area contributed by atoms with Crippen LogP contribution in [0.3, 0.4) is 0 Å². The van der Waals surface area contributed by atoms with Gasteiger partial charge in [-0.05, 0) is 48.0 Å². The fourth-order valence-corrected chi connectivity index (χ4v) is 2.07. The maximum atomic E-state index is 12.8. The molecule has 0 aliphatic rings. The molecular weight excluding hydrogens is 291 g/mol. The van der Waals surface area contributed by atoms with Gasteiger partial charge in [-0.2, -0.15) is 5.26 Å². The quantitative estimate of drug-likeness (QED) is 0.597. The summed E-state index contributed by atoms with van der Waals surface area (Å²) in [5.74, 6) is -0.526. The van der Waals surface area contributed by atoms with Crippen LogP contribution in [-0.2, 0) is 0 Å².